The van der Waals surface area contributed by atoms with Gasteiger partial charge in [-0.3, -0.25) is 25.8 Å². The lowest BCUT2D eigenvalue weighted by Crippen LogP contribution is -2.36. The first-order valence-corrected chi connectivity index (χ1v) is 8.98. The molecule has 2 aromatic heterocycles. The van der Waals surface area contributed by atoms with Gasteiger partial charge in [0.1, 0.15) is 0 Å². The summed E-state index contributed by atoms with van der Waals surface area (Å²) >= 11 is 0. The van der Waals surface area contributed by atoms with Crippen LogP contribution in [0.2, 0.25) is 0 Å². The van der Waals surface area contributed by atoms with E-state index in [9.17, 15) is 14.9 Å². The van der Waals surface area contributed by atoms with Crippen molar-refractivity contribution in [3.05, 3.63) is 51.8 Å². The van der Waals surface area contributed by atoms with Crippen molar-refractivity contribution in [1.82, 2.24) is 36.2 Å². The van der Waals surface area contributed by atoms with Gasteiger partial charge in [-0.05, 0) is 28.9 Å². The number of ether oxygens (including phenoxy) is 1. The monoisotopic (exact) mass is 429 g/mol. The minimum absolute atomic E-state index is 0.00168. The van der Waals surface area contributed by atoms with Crippen LogP contribution in [0.25, 0.3) is 11.5 Å². The van der Waals surface area contributed by atoms with Crippen molar-refractivity contribution >= 4 is 23.1 Å². The maximum Gasteiger partial charge on any atom is 0.311 e. The average Bonchev–Trinajstić information content (AvgIpc) is 3.37. The van der Waals surface area contributed by atoms with Crippen molar-refractivity contribution < 1.29 is 19.1 Å². The third-order valence-corrected chi connectivity index (χ3v) is 4.21. The lowest BCUT2D eigenvalue weighted by atomic mass is 10.1. The molecule has 0 fully saturated rings. The molecule has 0 radical (unpaired) electrons. The second-order valence-electron chi connectivity index (χ2n) is 6.22. The number of hydrazine groups is 1. The molecule has 4 N–H and O–H groups in total. The van der Waals surface area contributed by atoms with E-state index in [2.05, 4.69) is 42.7 Å². The van der Waals surface area contributed by atoms with Gasteiger partial charge in [0.15, 0.2) is 11.4 Å². The Balaban J connectivity index is 1.77. The molecule has 0 spiro atoms. The number of carbonyl (C=O) groups is 1. The maximum atomic E-state index is 12.7. The number of nitro groups is 1. The van der Waals surface area contributed by atoms with E-state index in [-0.39, 0.29) is 34.5 Å². The number of amides is 1. The fourth-order valence-electron chi connectivity index (χ4n) is 2.73. The Morgan fingerprint density at radius 2 is 2.16 bits per heavy atom. The lowest BCUT2D eigenvalue weighted by Gasteiger charge is -2.12. The quantitative estimate of drug-likeness (QED) is 0.325. The molecule has 162 valence electrons. The number of rotatable bonds is 9. The van der Waals surface area contributed by atoms with E-state index in [1.54, 1.807) is 6.07 Å². The number of hydrogen-bond acceptors (Lipinski definition) is 11. The Bertz CT molecular complexity index is 1140. The number of nitrogens with two attached hydrogens (primary N) is 1. The second-order valence-corrected chi connectivity index (χ2v) is 6.22. The Labute approximate surface area is 175 Å². The first kappa shape index (κ1) is 21.2. The number of hydrogen-bond donors (Lipinski definition) is 3. The minimum Gasteiger partial charge on any atom is -0.490 e. The molecule has 0 saturated carbocycles. The molecule has 0 unspecified atom stereocenters. The number of nitrogens with zero attached hydrogens (tertiary/aromatic N) is 6. The predicted octanol–water partition coefficient (Wildman–Crippen LogP) is 1.01. The van der Waals surface area contributed by atoms with Gasteiger partial charge in [0.05, 0.1) is 23.4 Å². The Morgan fingerprint density at radius 1 is 1.39 bits per heavy atom. The SMILES string of the molecule is C=C(NNC(=O)c1nnn(-c2nonc2N)c1CCC)c1ccc(OC)c([N+](=O)[O-])c1. The first-order chi connectivity index (χ1) is 14.9. The van der Waals surface area contributed by atoms with Gasteiger partial charge in [-0.2, -0.15) is 4.68 Å². The summed E-state index contributed by atoms with van der Waals surface area (Å²) in [6.45, 7) is 5.70. The summed E-state index contributed by atoms with van der Waals surface area (Å²) in [6.07, 6.45) is 1.14. The largest absolute Gasteiger partial charge is 0.490 e. The number of methoxy groups -OCH3 is 1. The van der Waals surface area contributed by atoms with Gasteiger partial charge >= 0.3 is 5.69 Å². The second kappa shape index (κ2) is 8.89. The summed E-state index contributed by atoms with van der Waals surface area (Å²) in [7, 11) is 1.33. The number of anilines is 1. The summed E-state index contributed by atoms with van der Waals surface area (Å²) in [5.74, 6) is -0.373. The van der Waals surface area contributed by atoms with E-state index in [1.165, 1.54) is 23.9 Å². The molecule has 31 heavy (non-hydrogen) atoms. The number of nitrogen functional groups attached to an aromatic ring is 1. The van der Waals surface area contributed by atoms with Crippen molar-refractivity contribution in [2.75, 3.05) is 12.8 Å². The van der Waals surface area contributed by atoms with Crippen LogP contribution in [0.15, 0.2) is 29.4 Å². The molecule has 0 atom stereocenters. The highest BCUT2D eigenvalue weighted by molar-refractivity contribution is 5.93. The molecule has 1 amide bonds. The van der Waals surface area contributed by atoms with Crippen molar-refractivity contribution in [3.63, 3.8) is 0 Å². The van der Waals surface area contributed by atoms with E-state index in [0.29, 0.717) is 24.1 Å². The van der Waals surface area contributed by atoms with Gasteiger partial charge in [0.2, 0.25) is 11.6 Å². The smallest absolute Gasteiger partial charge is 0.311 e. The number of benzene rings is 1. The van der Waals surface area contributed by atoms with Crippen molar-refractivity contribution in [2.24, 2.45) is 0 Å². The van der Waals surface area contributed by atoms with E-state index >= 15 is 0 Å². The van der Waals surface area contributed by atoms with Gasteiger partial charge < -0.3 is 10.5 Å². The van der Waals surface area contributed by atoms with E-state index in [4.69, 9.17) is 10.5 Å². The molecule has 14 nitrogen and oxygen atoms in total. The van der Waals surface area contributed by atoms with Crippen LogP contribution < -0.4 is 21.3 Å². The summed E-state index contributed by atoms with van der Waals surface area (Å²) in [5, 5.41) is 26.2. The van der Waals surface area contributed by atoms with Crippen LogP contribution >= 0.6 is 0 Å². The molecule has 0 aliphatic rings. The van der Waals surface area contributed by atoms with Gasteiger partial charge in [0.25, 0.3) is 5.91 Å². The Hall–Kier alpha value is -4.49. The maximum absolute atomic E-state index is 12.7. The molecule has 3 aromatic rings. The first-order valence-electron chi connectivity index (χ1n) is 8.98. The number of nitro benzene ring substituents is 1. The summed E-state index contributed by atoms with van der Waals surface area (Å²) in [4.78, 5) is 23.3. The van der Waals surface area contributed by atoms with Crippen LogP contribution in [-0.4, -0.2) is 43.2 Å². The van der Waals surface area contributed by atoms with Crippen LogP contribution in [0.1, 0.15) is 35.1 Å². The molecular formula is C17H19N9O5. The molecule has 3 rings (SSSR count). The fourth-order valence-corrected chi connectivity index (χ4v) is 2.73. The normalized spacial score (nSPS) is 10.5. The van der Waals surface area contributed by atoms with Crippen LogP contribution in [0.5, 0.6) is 5.75 Å². The van der Waals surface area contributed by atoms with Crippen molar-refractivity contribution in [3.8, 4) is 11.6 Å². The van der Waals surface area contributed by atoms with Crippen LogP contribution in [0.3, 0.4) is 0 Å². The molecular weight excluding hydrogens is 410 g/mol. The van der Waals surface area contributed by atoms with Gasteiger partial charge in [-0.25, -0.2) is 4.63 Å². The number of aromatic nitrogens is 5. The van der Waals surface area contributed by atoms with E-state index < -0.39 is 10.8 Å². The van der Waals surface area contributed by atoms with Crippen LogP contribution in [-0.2, 0) is 6.42 Å². The van der Waals surface area contributed by atoms with Gasteiger partial charge in [-0.15, -0.1) is 5.10 Å². The molecule has 1 aromatic carbocycles. The van der Waals surface area contributed by atoms with Gasteiger partial charge in [-0.1, -0.05) is 25.1 Å². The van der Waals surface area contributed by atoms with Crippen molar-refractivity contribution in [2.45, 2.75) is 19.8 Å². The highest BCUT2D eigenvalue weighted by Gasteiger charge is 2.23. The third-order valence-electron chi connectivity index (χ3n) is 4.21. The zero-order chi connectivity index (χ0) is 22.5. The zero-order valence-electron chi connectivity index (χ0n) is 16.7. The van der Waals surface area contributed by atoms with E-state index in [0.717, 1.165) is 0 Å². The van der Waals surface area contributed by atoms with Crippen LogP contribution in [0, 0.1) is 10.1 Å². The van der Waals surface area contributed by atoms with Crippen molar-refractivity contribution in [1.29, 1.82) is 0 Å². The minimum atomic E-state index is -0.603. The molecule has 0 aliphatic carbocycles. The topological polar surface area (TPSA) is 189 Å². The van der Waals surface area contributed by atoms with Gasteiger partial charge in [0, 0.05) is 11.6 Å². The molecule has 0 aliphatic heterocycles. The third kappa shape index (κ3) is 4.26. The lowest BCUT2D eigenvalue weighted by molar-refractivity contribution is -0.385. The summed E-state index contributed by atoms with van der Waals surface area (Å²) in [5.41, 5.74) is 11.6. The Kier molecular flexibility index (Phi) is 6.09. The number of nitrogens with one attached hydrogen (secondary N) is 2. The predicted molar refractivity (Wildman–Crippen MR) is 107 cm³/mol. The molecule has 2 heterocycles. The average molecular weight is 429 g/mol. The number of carbonyl (C=O) groups excluding carboxylic acids is 1. The summed E-state index contributed by atoms with van der Waals surface area (Å²) < 4.78 is 10.8. The molecule has 14 heteroatoms. The standard InChI is InChI=1S/C17H19N9O5/c1-4-5-11-14(20-24-25(11)16-15(18)22-31-23-16)17(27)21-19-9(2)10-6-7-13(30-3)12(8-10)26(28)29/h6-8,19H,2,4-5H2,1,3H3,(H2,18,22)(H,21,27). The Morgan fingerprint density at radius 3 is 2.77 bits per heavy atom. The summed E-state index contributed by atoms with van der Waals surface area (Å²) in [6, 6.07) is 4.27. The zero-order valence-corrected chi connectivity index (χ0v) is 16.7. The molecule has 0 bridgehead atoms. The van der Waals surface area contributed by atoms with Crippen LogP contribution in [0.4, 0.5) is 11.5 Å². The van der Waals surface area contributed by atoms with E-state index in [1.807, 2.05) is 6.92 Å². The highest BCUT2D eigenvalue weighted by Crippen LogP contribution is 2.29. The fraction of sp³-hybridized carbons (Fsp3) is 0.235. The highest BCUT2D eigenvalue weighted by atomic mass is 16.6. The molecule has 0 saturated heterocycles.